The highest BCUT2D eigenvalue weighted by Crippen LogP contribution is 2.18. The van der Waals surface area contributed by atoms with Crippen LogP contribution in [0.15, 0.2) is 36.5 Å². The molecule has 0 unspecified atom stereocenters. The van der Waals surface area contributed by atoms with Crippen LogP contribution in [0, 0.1) is 0 Å². The molecule has 0 aliphatic rings. The first-order valence-corrected chi connectivity index (χ1v) is 6.43. The molecule has 0 atom stereocenters. The van der Waals surface area contributed by atoms with Gasteiger partial charge in [-0.1, -0.05) is 31.5 Å². The molecular weight excluding hydrogens is 238 g/mol. The molecule has 0 radical (unpaired) electrons. The van der Waals surface area contributed by atoms with Gasteiger partial charge in [0.15, 0.2) is 0 Å². The summed E-state index contributed by atoms with van der Waals surface area (Å²) in [6, 6.07) is 9.56. The summed E-state index contributed by atoms with van der Waals surface area (Å²) in [6.07, 6.45) is 3.72. The van der Waals surface area contributed by atoms with E-state index in [1.165, 1.54) is 0 Å². The van der Waals surface area contributed by atoms with Crippen molar-refractivity contribution >= 4 is 17.3 Å². The van der Waals surface area contributed by atoms with Crippen molar-refractivity contribution in [2.75, 3.05) is 11.1 Å². The molecule has 0 saturated carbocycles. The molecule has 2 aromatic rings. The lowest BCUT2D eigenvalue weighted by molar-refractivity contribution is 0.101. The lowest BCUT2D eigenvalue weighted by Crippen LogP contribution is -2.16. The van der Waals surface area contributed by atoms with Crippen LogP contribution in [0.1, 0.15) is 29.4 Å². The van der Waals surface area contributed by atoms with Gasteiger partial charge in [-0.2, -0.15) is 0 Å². The van der Waals surface area contributed by atoms with Gasteiger partial charge in [-0.3, -0.25) is 4.79 Å². The summed E-state index contributed by atoms with van der Waals surface area (Å²) >= 11 is 0. The van der Waals surface area contributed by atoms with Crippen LogP contribution < -0.4 is 11.1 Å². The molecule has 4 nitrogen and oxygen atoms in total. The average molecular weight is 257 g/mol. The number of nitrogen functional groups attached to an aromatic ring is 1. The summed E-state index contributed by atoms with van der Waals surface area (Å²) < 4.78 is 1.73. The highest BCUT2D eigenvalue weighted by atomic mass is 16.1. The fourth-order valence-electron chi connectivity index (χ4n) is 2.13. The molecule has 0 aliphatic heterocycles. The predicted octanol–water partition coefficient (Wildman–Crippen LogP) is 2.81. The van der Waals surface area contributed by atoms with E-state index < -0.39 is 0 Å². The van der Waals surface area contributed by atoms with Crippen LogP contribution in [0.2, 0.25) is 0 Å². The Kier molecular flexibility index (Phi) is 3.90. The van der Waals surface area contributed by atoms with Crippen molar-refractivity contribution in [1.29, 1.82) is 0 Å². The maximum atomic E-state index is 12.2. The summed E-state index contributed by atoms with van der Waals surface area (Å²) in [5.41, 5.74) is 8.86. The Morgan fingerprint density at radius 1 is 1.37 bits per heavy atom. The predicted molar refractivity (Wildman–Crippen MR) is 78.2 cm³/mol. The van der Waals surface area contributed by atoms with Crippen LogP contribution in [0.3, 0.4) is 0 Å². The number of nitrogens with one attached hydrogen (secondary N) is 1. The molecule has 2 rings (SSSR count). The van der Waals surface area contributed by atoms with Gasteiger partial charge in [0.2, 0.25) is 0 Å². The van der Waals surface area contributed by atoms with Gasteiger partial charge in [0, 0.05) is 18.9 Å². The zero-order chi connectivity index (χ0) is 13.8. The molecule has 0 bridgehead atoms. The smallest absolute Gasteiger partial charge is 0.272 e. The summed E-state index contributed by atoms with van der Waals surface area (Å²) in [5, 5.41) is 2.95. The normalized spacial score (nSPS) is 10.4. The Morgan fingerprint density at radius 2 is 2.11 bits per heavy atom. The number of amides is 1. The topological polar surface area (TPSA) is 60.1 Å². The van der Waals surface area contributed by atoms with Crippen molar-refractivity contribution in [2.45, 2.75) is 19.8 Å². The molecule has 4 heteroatoms. The van der Waals surface area contributed by atoms with Crippen LogP contribution in [-0.2, 0) is 13.5 Å². The number of aromatic nitrogens is 1. The second-order valence-electron chi connectivity index (χ2n) is 4.63. The highest BCUT2D eigenvalue weighted by Gasteiger charge is 2.12. The zero-order valence-corrected chi connectivity index (χ0v) is 11.3. The third kappa shape index (κ3) is 2.96. The van der Waals surface area contributed by atoms with Crippen molar-refractivity contribution in [3.8, 4) is 0 Å². The van der Waals surface area contributed by atoms with Crippen molar-refractivity contribution in [3.05, 3.63) is 47.8 Å². The van der Waals surface area contributed by atoms with Gasteiger partial charge in [0.25, 0.3) is 5.91 Å². The lowest BCUT2D eigenvalue weighted by atomic mass is 10.1. The van der Waals surface area contributed by atoms with E-state index >= 15 is 0 Å². The molecular formula is C15H19N3O. The number of nitrogens with two attached hydrogens (primary N) is 1. The van der Waals surface area contributed by atoms with E-state index in [-0.39, 0.29) is 5.91 Å². The molecule has 0 fully saturated rings. The van der Waals surface area contributed by atoms with E-state index in [2.05, 4.69) is 12.2 Å². The van der Waals surface area contributed by atoms with Gasteiger partial charge >= 0.3 is 0 Å². The lowest BCUT2D eigenvalue weighted by Gasteiger charge is -2.10. The zero-order valence-electron chi connectivity index (χ0n) is 11.3. The molecule has 1 aromatic heterocycles. The first-order chi connectivity index (χ1) is 9.11. The Hall–Kier alpha value is -2.23. The maximum Gasteiger partial charge on any atom is 0.272 e. The number of nitrogens with zero attached hydrogens (tertiary/aromatic N) is 1. The van der Waals surface area contributed by atoms with Gasteiger partial charge in [-0.25, -0.2) is 0 Å². The Balaban J connectivity index is 2.21. The molecule has 0 saturated heterocycles. The van der Waals surface area contributed by atoms with Crippen LogP contribution in [0.4, 0.5) is 11.4 Å². The quantitative estimate of drug-likeness (QED) is 0.884. The molecule has 1 amide bonds. The van der Waals surface area contributed by atoms with E-state index in [1.807, 2.05) is 31.3 Å². The van der Waals surface area contributed by atoms with Crippen molar-refractivity contribution < 1.29 is 4.79 Å². The third-order valence-corrected chi connectivity index (χ3v) is 3.04. The molecule has 0 spiro atoms. The first kappa shape index (κ1) is 13.2. The summed E-state index contributed by atoms with van der Waals surface area (Å²) in [6.45, 7) is 2.12. The van der Waals surface area contributed by atoms with Crippen molar-refractivity contribution in [2.24, 2.45) is 7.05 Å². The van der Waals surface area contributed by atoms with Crippen LogP contribution >= 0.6 is 0 Å². The van der Waals surface area contributed by atoms with Gasteiger partial charge in [0.05, 0.1) is 5.69 Å². The fourth-order valence-corrected chi connectivity index (χ4v) is 2.13. The van der Waals surface area contributed by atoms with E-state index in [1.54, 1.807) is 16.8 Å². The minimum absolute atomic E-state index is 0.136. The monoisotopic (exact) mass is 257 g/mol. The summed E-state index contributed by atoms with van der Waals surface area (Å²) in [7, 11) is 1.81. The first-order valence-electron chi connectivity index (χ1n) is 6.43. The number of benzene rings is 1. The van der Waals surface area contributed by atoms with Gasteiger partial charge in [-0.15, -0.1) is 0 Å². The number of hydrogen-bond acceptors (Lipinski definition) is 2. The summed E-state index contributed by atoms with van der Waals surface area (Å²) in [4.78, 5) is 12.2. The van der Waals surface area contributed by atoms with Crippen LogP contribution in [-0.4, -0.2) is 10.5 Å². The third-order valence-electron chi connectivity index (χ3n) is 3.04. The van der Waals surface area contributed by atoms with Gasteiger partial charge in [-0.05, 0) is 24.1 Å². The van der Waals surface area contributed by atoms with Crippen LogP contribution in [0.5, 0.6) is 0 Å². The number of carbonyl (C=O) groups is 1. The fraction of sp³-hybridized carbons (Fsp3) is 0.267. The number of para-hydroxylation sites is 1. The maximum absolute atomic E-state index is 12.2. The van der Waals surface area contributed by atoms with Crippen molar-refractivity contribution in [1.82, 2.24) is 4.57 Å². The Labute approximate surface area is 113 Å². The molecule has 100 valence electrons. The summed E-state index contributed by atoms with van der Waals surface area (Å²) in [5.74, 6) is -0.136. The second-order valence-corrected chi connectivity index (χ2v) is 4.63. The van der Waals surface area contributed by atoms with Crippen molar-refractivity contribution in [3.63, 3.8) is 0 Å². The molecule has 19 heavy (non-hydrogen) atoms. The Morgan fingerprint density at radius 3 is 2.74 bits per heavy atom. The molecule has 1 aromatic carbocycles. The number of rotatable bonds is 4. The Bertz CT molecular complexity index is 587. The van der Waals surface area contributed by atoms with E-state index in [9.17, 15) is 4.79 Å². The SMILES string of the molecule is CCCc1ccccc1NC(=O)c1cc(N)cn1C. The minimum atomic E-state index is -0.136. The molecule has 3 N–H and O–H groups in total. The average Bonchev–Trinajstić information content (AvgIpc) is 2.71. The van der Waals surface area contributed by atoms with E-state index in [0.29, 0.717) is 11.4 Å². The number of carbonyl (C=O) groups excluding carboxylic acids is 1. The highest BCUT2D eigenvalue weighted by molar-refractivity contribution is 6.04. The van der Waals surface area contributed by atoms with Gasteiger partial charge < -0.3 is 15.6 Å². The molecule has 0 aliphatic carbocycles. The second kappa shape index (κ2) is 5.61. The standard InChI is InChI=1S/C15H19N3O/c1-3-6-11-7-4-5-8-13(11)17-15(19)14-9-12(16)10-18(14)2/h4-5,7-10H,3,6,16H2,1-2H3,(H,17,19). The van der Waals surface area contributed by atoms with Crippen LogP contribution in [0.25, 0.3) is 0 Å². The number of anilines is 2. The van der Waals surface area contributed by atoms with E-state index in [4.69, 9.17) is 5.73 Å². The van der Waals surface area contributed by atoms with Gasteiger partial charge in [0.1, 0.15) is 5.69 Å². The molecule has 1 heterocycles. The largest absolute Gasteiger partial charge is 0.397 e. The van der Waals surface area contributed by atoms with E-state index in [0.717, 1.165) is 24.1 Å². The number of hydrogen-bond donors (Lipinski definition) is 2. The minimum Gasteiger partial charge on any atom is -0.397 e. The number of aryl methyl sites for hydroxylation is 2.